The minimum Gasteiger partial charge on any atom is -0.373 e. The summed E-state index contributed by atoms with van der Waals surface area (Å²) < 4.78 is 2.91. The van der Waals surface area contributed by atoms with Crippen molar-refractivity contribution < 1.29 is 4.92 Å². The number of fused-ring (bicyclic) bond motifs is 1. The SMILES string of the molecule is CC(Nc1cnn(-c2ccc([N+](=O)[O-])cc2)c(=O)c1Cl)c1nnc2ccccn12. The van der Waals surface area contributed by atoms with E-state index < -0.39 is 10.5 Å². The highest BCUT2D eigenvalue weighted by Crippen LogP contribution is 2.23. The van der Waals surface area contributed by atoms with E-state index in [1.807, 2.05) is 35.7 Å². The van der Waals surface area contributed by atoms with Gasteiger partial charge in [-0.3, -0.25) is 19.3 Å². The van der Waals surface area contributed by atoms with Crippen LogP contribution in [-0.4, -0.2) is 29.3 Å². The number of benzene rings is 1. The van der Waals surface area contributed by atoms with Gasteiger partial charge in [0.1, 0.15) is 5.02 Å². The molecule has 10 nitrogen and oxygen atoms in total. The second kappa shape index (κ2) is 7.32. The standard InChI is InChI=1S/C18H14ClN7O3/c1-11(17-23-22-15-4-2-3-9-24(15)17)21-14-10-20-25(18(27)16(14)19)12-5-7-13(8-6-12)26(28)29/h2-11,21H,1H3. The molecule has 0 amide bonds. The summed E-state index contributed by atoms with van der Waals surface area (Å²) in [5.74, 6) is 0.649. The first kappa shape index (κ1) is 18.6. The maximum absolute atomic E-state index is 12.7. The molecule has 0 fully saturated rings. The van der Waals surface area contributed by atoms with Gasteiger partial charge >= 0.3 is 0 Å². The van der Waals surface area contributed by atoms with Gasteiger partial charge in [-0.1, -0.05) is 17.7 Å². The molecule has 146 valence electrons. The lowest BCUT2D eigenvalue weighted by Gasteiger charge is -2.15. The lowest BCUT2D eigenvalue weighted by Crippen LogP contribution is -2.23. The van der Waals surface area contributed by atoms with E-state index in [0.717, 1.165) is 4.68 Å². The van der Waals surface area contributed by atoms with E-state index >= 15 is 0 Å². The lowest BCUT2D eigenvalue weighted by atomic mass is 10.2. The number of hydrogen-bond acceptors (Lipinski definition) is 7. The highest BCUT2D eigenvalue weighted by Gasteiger charge is 2.17. The summed E-state index contributed by atoms with van der Waals surface area (Å²) in [4.78, 5) is 22.9. The Morgan fingerprint density at radius 2 is 1.93 bits per heavy atom. The summed E-state index contributed by atoms with van der Waals surface area (Å²) >= 11 is 6.27. The van der Waals surface area contributed by atoms with Crippen molar-refractivity contribution in [2.75, 3.05) is 5.32 Å². The summed E-state index contributed by atoms with van der Waals surface area (Å²) in [6.07, 6.45) is 3.26. The molecule has 4 rings (SSSR count). The van der Waals surface area contributed by atoms with Gasteiger partial charge < -0.3 is 5.32 Å². The van der Waals surface area contributed by atoms with E-state index in [4.69, 9.17) is 11.6 Å². The molecule has 0 saturated heterocycles. The third-order valence-corrected chi connectivity index (χ3v) is 4.69. The topological polar surface area (TPSA) is 120 Å². The zero-order valence-corrected chi connectivity index (χ0v) is 15.8. The molecule has 4 aromatic rings. The van der Waals surface area contributed by atoms with Crippen LogP contribution in [0.25, 0.3) is 11.3 Å². The quantitative estimate of drug-likeness (QED) is 0.395. The fraction of sp³-hybridized carbons (Fsp3) is 0.111. The third-order valence-electron chi connectivity index (χ3n) is 4.32. The van der Waals surface area contributed by atoms with Crippen LogP contribution in [0.4, 0.5) is 11.4 Å². The third kappa shape index (κ3) is 3.41. The van der Waals surface area contributed by atoms with Crippen LogP contribution in [0.2, 0.25) is 5.02 Å². The van der Waals surface area contributed by atoms with Crippen molar-refractivity contribution >= 4 is 28.6 Å². The van der Waals surface area contributed by atoms with Gasteiger partial charge in [-0.05, 0) is 31.2 Å². The van der Waals surface area contributed by atoms with Gasteiger partial charge in [0.25, 0.3) is 11.2 Å². The molecule has 0 saturated carbocycles. The van der Waals surface area contributed by atoms with Crippen molar-refractivity contribution in [2.45, 2.75) is 13.0 Å². The monoisotopic (exact) mass is 411 g/mol. The number of nitrogens with one attached hydrogen (secondary N) is 1. The minimum absolute atomic E-state index is 0.0565. The number of nitro groups is 1. The fourth-order valence-electron chi connectivity index (χ4n) is 2.89. The molecule has 11 heteroatoms. The van der Waals surface area contributed by atoms with Gasteiger partial charge in [0, 0.05) is 18.3 Å². The molecular formula is C18H14ClN7O3. The van der Waals surface area contributed by atoms with Crippen molar-refractivity contribution in [3.8, 4) is 5.69 Å². The Balaban J connectivity index is 1.63. The van der Waals surface area contributed by atoms with E-state index in [2.05, 4.69) is 20.6 Å². The Morgan fingerprint density at radius 1 is 1.17 bits per heavy atom. The van der Waals surface area contributed by atoms with Crippen molar-refractivity contribution in [1.29, 1.82) is 0 Å². The van der Waals surface area contributed by atoms with E-state index in [0.29, 0.717) is 22.8 Å². The summed E-state index contributed by atoms with van der Waals surface area (Å²) in [6.45, 7) is 1.86. The second-order valence-corrected chi connectivity index (χ2v) is 6.59. The largest absolute Gasteiger partial charge is 0.373 e. The molecule has 1 N–H and O–H groups in total. The molecular weight excluding hydrogens is 398 g/mol. The summed E-state index contributed by atoms with van der Waals surface area (Å²) in [5, 5.41) is 26.3. The van der Waals surface area contributed by atoms with Gasteiger partial charge in [0.15, 0.2) is 11.5 Å². The smallest absolute Gasteiger partial charge is 0.292 e. The molecule has 0 aliphatic rings. The van der Waals surface area contributed by atoms with E-state index in [-0.39, 0.29) is 16.8 Å². The second-order valence-electron chi connectivity index (χ2n) is 6.22. The maximum Gasteiger partial charge on any atom is 0.292 e. The molecule has 1 atom stereocenters. The van der Waals surface area contributed by atoms with Gasteiger partial charge in [0.05, 0.1) is 28.5 Å². The van der Waals surface area contributed by atoms with Crippen molar-refractivity contribution in [3.63, 3.8) is 0 Å². The van der Waals surface area contributed by atoms with Gasteiger partial charge in [0.2, 0.25) is 0 Å². The van der Waals surface area contributed by atoms with E-state index in [1.165, 1.54) is 30.5 Å². The van der Waals surface area contributed by atoms with Crippen molar-refractivity contribution in [3.05, 3.63) is 86.2 Å². The minimum atomic E-state index is -0.552. The van der Waals surface area contributed by atoms with Crippen LogP contribution in [0, 0.1) is 10.1 Å². The molecule has 0 spiro atoms. The molecule has 3 heterocycles. The molecule has 1 aromatic carbocycles. The first-order chi connectivity index (χ1) is 14.0. The number of hydrogen-bond donors (Lipinski definition) is 1. The lowest BCUT2D eigenvalue weighted by molar-refractivity contribution is -0.384. The van der Waals surface area contributed by atoms with Crippen LogP contribution >= 0.6 is 11.6 Å². The molecule has 0 bridgehead atoms. The van der Waals surface area contributed by atoms with Crippen molar-refractivity contribution in [1.82, 2.24) is 24.4 Å². The number of nitro benzene ring substituents is 1. The Kier molecular flexibility index (Phi) is 4.69. The summed E-state index contributed by atoms with van der Waals surface area (Å²) in [7, 11) is 0. The number of aromatic nitrogens is 5. The number of non-ortho nitro benzene ring substituents is 1. The average molecular weight is 412 g/mol. The highest BCUT2D eigenvalue weighted by molar-refractivity contribution is 6.32. The number of nitrogens with zero attached hydrogens (tertiary/aromatic N) is 6. The highest BCUT2D eigenvalue weighted by atomic mass is 35.5. The van der Waals surface area contributed by atoms with Crippen molar-refractivity contribution in [2.24, 2.45) is 0 Å². The zero-order valence-electron chi connectivity index (χ0n) is 15.1. The van der Waals surface area contributed by atoms with Crippen LogP contribution in [0.5, 0.6) is 0 Å². The Morgan fingerprint density at radius 3 is 2.66 bits per heavy atom. The number of pyridine rings is 1. The normalized spacial score (nSPS) is 12.1. The average Bonchev–Trinajstić information content (AvgIpc) is 3.16. The Bertz CT molecular complexity index is 1270. The zero-order chi connectivity index (χ0) is 20.5. The van der Waals surface area contributed by atoms with Gasteiger partial charge in [-0.15, -0.1) is 10.2 Å². The number of anilines is 1. The first-order valence-corrected chi connectivity index (χ1v) is 8.92. The van der Waals surface area contributed by atoms with Crippen LogP contribution in [0.1, 0.15) is 18.8 Å². The molecule has 0 aliphatic carbocycles. The fourth-order valence-corrected chi connectivity index (χ4v) is 3.07. The number of halogens is 1. The Labute approximate surface area is 168 Å². The van der Waals surface area contributed by atoms with Crippen LogP contribution in [-0.2, 0) is 0 Å². The van der Waals surface area contributed by atoms with Crippen LogP contribution in [0.3, 0.4) is 0 Å². The molecule has 0 radical (unpaired) electrons. The predicted molar refractivity (Wildman–Crippen MR) is 107 cm³/mol. The van der Waals surface area contributed by atoms with Gasteiger partial charge in [-0.25, -0.2) is 0 Å². The molecule has 3 aromatic heterocycles. The molecule has 29 heavy (non-hydrogen) atoms. The Hall–Kier alpha value is -3.79. The van der Waals surface area contributed by atoms with Crippen LogP contribution < -0.4 is 10.9 Å². The van der Waals surface area contributed by atoms with E-state index in [9.17, 15) is 14.9 Å². The predicted octanol–water partition coefficient (Wildman–Crippen LogP) is 3.01. The first-order valence-electron chi connectivity index (χ1n) is 8.54. The summed E-state index contributed by atoms with van der Waals surface area (Å²) in [6, 6.07) is 10.7. The number of rotatable bonds is 5. The molecule has 1 unspecified atom stereocenters. The summed E-state index contributed by atoms with van der Waals surface area (Å²) in [5.41, 5.74) is 0.777. The van der Waals surface area contributed by atoms with Gasteiger partial charge in [-0.2, -0.15) is 9.78 Å². The van der Waals surface area contributed by atoms with E-state index in [1.54, 1.807) is 0 Å². The molecule has 0 aliphatic heterocycles. The van der Waals surface area contributed by atoms with Crippen LogP contribution in [0.15, 0.2) is 59.7 Å². The maximum atomic E-state index is 12.7.